The minimum Gasteiger partial charge on any atom is -0.451 e. The second kappa shape index (κ2) is 10.1. The van der Waals surface area contributed by atoms with Gasteiger partial charge in [0.05, 0.1) is 6.54 Å². The highest BCUT2D eigenvalue weighted by atomic mass is 35.5. The van der Waals surface area contributed by atoms with E-state index in [1.54, 1.807) is 24.3 Å². The minimum atomic E-state index is -1.12. The molecule has 7 nitrogen and oxygen atoms in total. The summed E-state index contributed by atoms with van der Waals surface area (Å²) in [5.41, 5.74) is 0.849. The van der Waals surface area contributed by atoms with E-state index in [1.165, 1.54) is 22.8 Å². The van der Waals surface area contributed by atoms with Gasteiger partial charge in [0.25, 0.3) is 5.91 Å². The number of carbonyl (C=O) groups is 3. The van der Waals surface area contributed by atoms with E-state index in [4.69, 9.17) is 16.3 Å². The molecule has 3 rings (SSSR count). The van der Waals surface area contributed by atoms with Gasteiger partial charge in [-0.05, 0) is 24.3 Å². The quantitative estimate of drug-likeness (QED) is 0.519. The fourth-order valence-electron chi connectivity index (χ4n) is 2.31. The predicted molar refractivity (Wildman–Crippen MR) is 111 cm³/mol. The van der Waals surface area contributed by atoms with Crippen LogP contribution in [0.25, 0.3) is 10.6 Å². The van der Waals surface area contributed by atoms with Gasteiger partial charge in [0, 0.05) is 27.7 Å². The summed E-state index contributed by atoms with van der Waals surface area (Å²) in [6, 6.07) is 9.76. The predicted octanol–water partition coefficient (Wildman–Crippen LogP) is 3.65. The Kier molecular flexibility index (Phi) is 7.27. The number of carbonyl (C=O) groups excluding carboxylic acids is 3. The lowest BCUT2D eigenvalue weighted by atomic mass is 10.2. The summed E-state index contributed by atoms with van der Waals surface area (Å²) in [5.74, 6) is -4.35. The average molecular weight is 466 g/mol. The second-order valence-electron chi connectivity index (χ2n) is 6.07. The van der Waals surface area contributed by atoms with Crippen LogP contribution in [0.2, 0.25) is 5.02 Å². The molecule has 0 spiro atoms. The van der Waals surface area contributed by atoms with Crippen molar-refractivity contribution in [3.05, 3.63) is 70.2 Å². The third-order valence-electron chi connectivity index (χ3n) is 3.79. The molecule has 2 amide bonds. The van der Waals surface area contributed by atoms with Crippen molar-refractivity contribution in [3.8, 4) is 10.6 Å². The van der Waals surface area contributed by atoms with Crippen LogP contribution in [0.15, 0.2) is 47.8 Å². The maximum atomic E-state index is 13.1. The first-order valence-electron chi connectivity index (χ1n) is 8.72. The van der Waals surface area contributed by atoms with Gasteiger partial charge < -0.3 is 15.4 Å². The van der Waals surface area contributed by atoms with Crippen LogP contribution in [0.3, 0.4) is 0 Å². The number of hydrogen-bond acceptors (Lipinski definition) is 6. The first-order valence-corrected chi connectivity index (χ1v) is 9.98. The highest BCUT2D eigenvalue weighted by Gasteiger charge is 2.15. The van der Waals surface area contributed by atoms with Crippen LogP contribution in [0.5, 0.6) is 0 Å². The molecule has 0 bridgehead atoms. The fourth-order valence-corrected chi connectivity index (χ4v) is 3.23. The smallest absolute Gasteiger partial charge is 0.358 e. The first kappa shape index (κ1) is 22.3. The third-order valence-corrected chi connectivity index (χ3v) is 4.93. The molecule has 0 aliphatic carbocycles. The standard InChI is InChI=1S/C20H14ClF2N3O4S/c21-12-3-1-11(2-4-12)19-26-16(10-31-19)20(29)30-9-18(28)24-8-17(27)25-13-5-6-14(22)15(23)7-13/h1-7,10H,8-9H2,(H,24,28)(H,25,27). The largest absolute Gasteiger partial charge is 0.451 e. The third kappa shape index (κ3) is 6.30. The number of aromatic nitrogens is 1. The van der Waals surface area contributed by atoms with E-state index in [1.807, 2.05) is 0 Å². The van der Waals surface area contributed by atoms with Gasteiger partial charge in [0.1, 0.15) is 5.01 Å². The van der Waals surface area contributed by atoms with Gasteiger partial charge in [-0.25, -0.2) is 18.6 Å². The van der Waals surface area contributed by atoms with Crippen molar-refractivity contribution in [3.63, 3.8) is 0 Å². The molecule has 0 saturated carbocycles. The number of ether oxygens (including phenoxy) is 1. The van der Waals surface area contributed by atoms with Crippen molar-refractivity contribution in [2.75, 3.05) is 18.5 Å². The molecule has 160 valence electrons. The molecule has 0 radical (unpaired) electrons. The molecular weight excluding hydrogens is 452 g/mol. The van der Waals surface area contributed by atoms with Crippen LogP contribution in [-0.4, -0.2) is 35.9 Å². The summed E-state index contributed by atoms with van der Waals surface area (Å²) in [5, 5.41) is 7.20. The zero-order valence-corrected chi connectivity index (χ0v) is 17.2. The number of rotatable bonds is 7. The molecule has 1 aromatic heterocycles. The van der Waals surface area contributed by atoms with Gasteiger partial charge in [0.15, 0.2) is 23.9 Å². The SMILES string of the molecule is O=C(COC(=O)c1csc(-c2ccc(Cl)cc2)n1)NCC(=O)Nc1ccc(F)c(F)c1. The normalized spacial score (nSPS) is 10.4. The van der Waals surface area contributed by atoms with Crippen molar-refractivity contribution in [1.82, 2.24) is 10.3 Å². The van der Waals surface area contributed by atoms with E-state index >= 15 is 0 Å². The summed E-state index contributed by atoms with van der Waals surface area (Å²) >= 11 is 7.07. The molecule has 2 N–H and O–H groups in total. The molecule has 0 fully saturated rings. The Morgan fingerprint density at radius 3 is 2.48 bits per heavy atom. The number of hydrogen-bond donors (Lipinski definition) is 2. The van der Waals surface area contributed by atoms with Crippen molar-refractivity contribution in [2.45, 2.75) is 0 Å². The van der Waals surface area contributed by atoms with Gasteiger partial charge in [-0.2, -0.15) is 0 Å². The minimum absolute atomic E-state index is 0.0320. The van der Waals surface area contributed by atoms with Gasteiger partial charge in [0.2, 0.25) is 5.91 Å². The lowest BCUT2D eigenvalue weighted by Crippen LogP contribution is -2.35. The average Bonchev–Trinajstić information content (AvgIpc) is 3.24. The number of benzene rings is 2. The number of anilines is 1. The van der Waals surface area contributed by atoms with Gasteiger partial charge >= 0.3 is 5.97 Å². The van der Waals surface area contributed by atoms with Gasteiger partial charge in [-0.3, -0.25) is 9.59 Å². The zero-order chi connectivity index (χ0) is 22.4. The molecule has 31 heavy (non-hydrogen) atoms. The number of thiazole rings is 1. The van der Waals surface area contributed by atoms with Crippen molar-refractivity contribution >= 4 is 46.4 Å². The van der Waals surface area contributed by atoms with E-state index in [-0.39, 0.29) is 11.4 Å². The Hall–Kier alpha value is -3.37. The van der Waals surface area contributed by atoms with Gasteiger partial charge in [-0.15, -0.1) is 11.3 Å². The lowest BCUT2D eigenvalue weighted by Gasteiger charge is -2.07. The Morgan fingerprint density at radius 2 is 1.77 bits per heavy atom. The Bertz CT molecular complexity index is 1120. The summed E-state index contributed by atoms with van der Waals surface area (Å²) in [7, 11) is 0. The van der Waals surface area contributed by atoms with Crippen LogP contribution in [0, 0.1) is 11.6 Å². The Morgan fingerprint density at radius 1 is 1.03 bits per heavy atom. The highest BCUT2D eigenvalue weighted by Crippen LogP contribution is 2.25. The maximum Gasteiger partial charge on any atom is 0.358 e. The van der Waals surface area contributed by atoms with Crippen LogP contribution in [0.4, 0.5) is 14.5 Å². The van der Waals surface area contributed by atoms with E-state index in [2.05, 4.69) is 15.6 Å². The molecule has 0 unspecified atom stereocenters. The van der Waals surface area contributed by atoms with E-state index in [0.29, 0.717) is 10.0 Å². The molecular formula is C20H14ClF2N3O4S. The highest BCUT2D eigenvalue weighted by molar-refractivity contribution is 7.13. The Labute approximate surface area is 184 Å². The van der Waals surface area contributed by atoms with E-state index in [0.717, 1.165) is 17.7 Å². The van der Waals surface area contributed by atoms with Crippen molar-refractivity contribution < 1.29 is 27.9 Å². The summed E-state index contributed by atoms with van der Waals surface area (Å²) in [4.78, 5) is 39.8. The Balaban J connectivity index is 1.44. The number of amides is 2. The number of esters is 1. The molecule has 0 atom stereocenters. The van der Waals surface area contributed by atoms with Crippen molar-refractivity contribution in [2.24, 2.45) is 0 Å². The second-order valence-corrected chi connectivity index (χ2v) is 7.37. The van der Waals surface area contributed by atoms with E-state index < -0.39 is 42.6 Å². The van der Waals surface area contributed by atoms with Gasteiger partial charge in [-0.1, -0.05) is 23.7 Å². The molecule has 0 aliphatic rings. The van der Waals surface area contributed by atoms with Crippen LogP contribution in [0.1, 0.15) is 10.5 Å². The van der Waals surface area contributed by atoms with Crippen LogP contribution < -0.4 is 10.6 Å². The molecule has 3 aromatic rings. The molecule has 0 saturated heterocycles. The lowest BCUT2D eigenvalue weighted by molar-refractivity contribution is -0.126. The van der Waals surface area contributed by atoms with E-state index in [9.17, 15) is 23.2 Å². The monoisotopic (exact) mass is 465 g/mol. The number of halogens is 3. The summed E-state index contributed by atoms with van der Waals surface area (Å²) < 4.78 is 30.9. The summed E-state index contributed by atoms with van der Waals surface area (Å²) in [6.07, 6.45) is 0. The summed E-state index contributed by atoms with van der Waals surface area (Å²) in [6.45, 7) is -1.07. The van der Waals surface area contributed by atoms with Crippen LogP contribution in [-0.2, 0) is 14.3 Å². The molecule has 1 heterocycles. The number of nitrogens with one attached hydrogen (secondary N) is 2. The maximum absolute atomic E-state index is 13.1. The molecule has 0 aliphatic heterocycles. The first-order chi connectivity index (χ1) is 14.8. The zero-order valence-electron chi connectivity index (χ0n) is 15.7. The van der Waals surface area contributed by atoms with Crippen LogP contribution >= 0.6 is 22.9 Å². The molecule has 11 heteroatoms. The topological polar surface area (TPSA) is 97.4 Å². The van der Waals surface area contributed by atoms with Crippen molar-refractivity contribution in [1.29, 1.82) is 0 Å². The number of nitrogens with zero attached hydrogens (tertiary/aromatic N) is 1. The molecule has 2 aromatic carbocycles. The fraction of sp³-hybridized carbons (Fsp3) is 0.100.